The van der Waals surface area contributed by atoms with Crippen molar-refractivity contribution >= 4 is 35.1 Å². The maximum atomic E-state index is 14.9. The summed E-state index contributed by atoms with van der Waals surface area (Å²) in [5, 5.41) is 41.7. The van der Waals surface area contributed by atoms with E-state index in [0.29, 0.717) is 84.1 Å². The molecule has 0 saturated carbocycles. The number of anilines is 1. The molecule has 3 atom stereocenters. The minimum atomic E-state index is -3.16. The fourth-order valence-electron chi connectivity index (χ4n) is 7.53. The van der Waals surface area contributed by atoms with Crippen molar-refractivity contribution < 1.29 is 28.5 Å². The van der Waals surface area contributed by atoms with Crippen LogP contribution in [0.1, 0.15) is 37.8 Å². The molecule has 2 aromatic heterocycles. The first-order valence-electron chi connectivity index (χ1n) is 16.7. The summed E-state index contributed by atoms with van der Waals surface area (Å²) in [6.45, 7) is 8.77. The third-order valence-electron chi connectivity index (χ3n) is 9.66. The maximum absolute atomic E-state index is 14.9. The molecule has 3 N–H and O–H groups in total. The largest absolute Gasteiger partial charge is 0.351 e. The molecule has 266 valence electrons. The minimum absolute atomic E-state index is 0.0725. The van der Waals surface area contributed by atoms with Crippen LogP contribution in [-0.4, -0.2) is 94.3 Å². The number of aliphatic imine (C=N–C) groups is 1. The number of rotatable bonds is 3. The third-order valence-corrected chi connectivity index (χ3v) is 9.66. The van der Waals surface area contributed by atoms with Crippen molar-refractivity contribution in [3.8, 4) is 11.3 Å². The summed E-state index contributed by atoms with van der Waals surface area (Å²) in [5.74, 6) is -0.545. The monoisotopic (exact) mass is 702 g/mol. The molecule has 0 amide bonds. The quantitative estimate of drug-likeness (QED) is 0.270. The fraction of sp³-hybridized carbons (Fsp3) is 0.371. The molecule has 0 aliphatic carbocycles. The Morgan fingerprint density at radius 2 is 1.82 bits per heavy atom. The molecule has 51 heavy (non-hydrogen) atoms. The molecule has 4 aromatic rings. The van der Waals surface area contributed by atoms with E-state index in [1.54, 1.807) is 12.3 Å². The number of hydrogen-bond acceptors (Lipinski definition) is 12. The number of aromatic nitrogens is 4. The molecule has 16 heteroatoms. The van der Waals surface area contributed by atoms with Crippen molar-refractivity contribution in [3.05, 3.63) is 83.8 Å². The Balaban J connectivity index is 1.29. The van der Waals surface area contributed by atoms with Gasteiger partial charge in [0.15, 0.2) is 5.82 Å². The van der Waals surface area contributed by atoms with Crippen LogP contribution in [0.5, 0.6) is 0 Å². The summed E-state index contributed by atoms with van der Waals surface area (Å²) in [6, 6.07) is 6.57. The van der Waals surface area contributed by atoms with Gasteiger partial charge in [0.05, 0.1) is 22.9 Å². The number of benzene rings is 2. The molecule has 5 heterocycles. The first kappa shape index (κ1) is 34.4. The summed E-state index contributed by atoms with van der Waals surface area (Å²) >= 11 is 0. The number of halogens is 3. The lowest BCUT2D eigenvalue weighted by Crippen LogP contribution is -2.60. The maximum Gasteiger partial charge on any atom is 0.346 e. The highest BCUT2D eigenvalue weighted by Gasteiger charge is 2.45. The molecule has 1 fully saturated rings. The summed E-state index contributed by atoms with van der Waals surface area (Å²) in [5.41, 5.74) is 2.56. The SMILES string of the molecule is C=C1/C=N\N(c2ccc(F)cc2F)/N=C\N=C1N1CC2Cc3nccc(n3)-c3cc(F)cc4nc(C)n(c34)CCCN(C(O)(O)O)C(CC)C1C2. The van der Waals surface area contributed by atoms with Crippen LogP contribution < -0.4 is 5.12 Å². The highest BCUT2D eigenvalue weighted by Crippen LogP contribution is 2.36. The number of nitrogens with zero attached hydrogens (tertiary/aromatic N) is 10. The fourth-order valence-corrected chi connectivity index (χ4v) is 7.53. The average Bonchev–Trinajstić information content (AvgIpc) is 3.61. The van der Waals surface area contributed by atoms with Crippen molar-refractivity contribution in [2.75, 3.05) is 18.2 Å². The first-order valence-corrected chi connectivity index (χ1v) is 16.7. The van der Waals surface area contributed by atoms with E-state index >= 15 is 0 Å². The van der Waals surface area contributed by atoms with Gasteiger partial charge >= 0.3 is 6.10 Å². The summed E-state index contributed by atoms with van der Waals surface area (Å²) < 4.78 is 45.0. The van der Waals surface area contributed by atoms with Gasteiger partial charge in [-0.2, -0.15) is 5.10 Å². The molecule has 3 aliphatic rings. The number of aliphatic hydroxyl groups is 3. The van der Waals surface area contributed by atoms with E-state index in [1.165, 1.54) is 35.7 Å². The smallest absolute Gasteiger partial charge is 0.346 e. The Morgan fingerprint density at radius 1 is 1.00 bits per heavy atom. The molecule has 2 aromatic carbocycles. The van der Waals surface area contributed by atoms with Crippen LogP contribution in [0.4, 0.5) is 18.9 Å². The molecule has 0 radical (unpaired) electrons. The third kappa shape index (κ3) is 6.74. The minimum Gasteiger partial charge on any atom is -0.351 e. The van der Waals surface area contributed by atoms with E-state index in [4.69, 9.17) is 4.98 Å². The van der Waals surface area contributed by atoms with Crippen molar-refractivity contribution in [2.45, 2.75) is 64.3 Å². The normalized spacial score (nSPS) is 23.0. The van der Waals surface area contributed by atoms with E-state index in [2.05, 4.69) is 31.7 Å². The second kappa shape index (κ2) is 13.6. The van der Waals surface area contributed by atoms with Crippen LogP contribution in [0.25, 0.3) is 22.3 Å². The topological polar surface area (TPSA) is 151 Å². The molecule has 7 rings (SSSR count). The molecule has 1 saturated heterocycles. The molecule has 4 bridgehead atoms. The zero-order valence-corrected chi connectivity index (χ0v) is 28.0. The van der Waals surface area contributed by atoms with E-state index < -0.39 is 35.6 Å². The van der Waals surface area contributed by atoms with Crippen LogP contribution >= 0.6 is 0 Å². The number of fused-ring (bicyclic) bond motifs is 5. The highest BCUT2D eigenvalue weighted by molar-refractivity contribution is 6.16. The Kier molecular flexibility index (Phi) is 9.18. The second-order valence-electron chi connectivity index (χ2n) is 13.0. The highest BCUT2D eigenvalue weighted by atomic mass is 19.1. The standard InChI is InChI=1S/C35H37F3N10O3/c1-4-29-31-12-22(18-46(31)34-20(2)17-41-48(42-19-40-34)30-7-6-23(36)15-26(30)38)13-32-39-9-8-27(44-32)25-14-24(37)16-28-33(25)45(21(3)43-28)10-5-11-47(29)35(49,50)51/h6-9,14-17,19,22,29,31,49-51H,2,4-5,10-13,18H2,1,3H3/b40-34?,41-17-,42-19-. The van der Waals surface area contributed by atoms with Crippen LogP contribution in [-0.2, 0) is 13.0 Å². The Bertz CT molecular complexity index is 2080. The van der Waals surface area contributed by atoms with Gasteiger partial charge in [0.1, 0.15) is 41.1 Å². The lowest BCUT2D eigenvalue weighted by atomic mass is 9.94. The lowest BCUT2D eigenvalue weighted by Gasteiger charge is -2.43. The Hall–Kier alpha value is -5.03. The van der Waals surface area contributed by atoms with Crippen molar-refractivity contribution in [2.24, 2.45) is 21.1 Å². The number of hydrogen-bond donors (Lipinski definition) is 3. The first-order chi connectivity index (χ1) is 24.4. The van der Waals surface area contributed by atoms with Crippen molar-refractivity contribution in [1.29, 1.82) is 0 Å². The summed E-state index contributed by atoms with van der Waals surface area (Å²) in [6.07, 6.45) is 2.81. The van der Waals surface area contributed by atoms with Gasteiger partial charge in [-0.05, 0) is 56.4 Å². The second-order valence-corrected chi connectivity index (χ2v) is 13.0. The lowest BCUT2D eigenvalue weighted by molar-refractivity contribution is -0.402. The van der Waals surface area contributed by atoms with Crippen LogP contribution in [0.2, 0.25) is 0 Å². The van der Waals surface area contributed by atoms with Gasteiger partial charge in [0, 0.05) is 67.6 Å². The van der Waals surface area contributed by atoms with Gasteiger partial charge in [-0.3, -0.25) is 0 Å². The van der Waals surface area contributed by atoms with Crippen LogP contribution in [0, 0.1) is 30.3 Å². The van der Waals surface area contributed by atoms with E-state index in [9.17, 15) is 28.5 Å². The molecule has 13 nitrogen and oxygen atoms in total. The summed E-state index contributed by atoms with van der Waals surface area (Å²) in [7, 11) is 0. The predicted molar refractivity (Wildman–Crippen MR) is 185 cm³/mol. The number of amidine groups is 1. The zero-order valence-electron chi connectivity index (χ0n) is 28.0. The van der Waals surface area contributed by atoms with Gasteiger partial charge in [0.25, 0.3) is 0 Å². The van der Waals surface area contributed by atoms with Crippen molar-refractivity contribution in [1.82, 2.24) is 29.3 Å². The van der Waals surface area contributed by atoms with E-state index in [-0.39, 0.29) is 18.2 Å². The van der Waals surface area contributed by atoms with E-state index in [1.807, 2.05) is 23.3 Å². The number of hydrazone groups is 2. The summed E-state index contributed by atoms with van der Waals surface area (Å²) in [4.78, 5) is 21.9. The van der Waals surface area contributed by atoms with Crippen molar-refractivity contribution in [3.63, 3.8) is 0 Å². The van der Waals surface area contributed by atoms with E-state index in [0.717, 1.165) is 17.3 Å². The molecular weight excluding hydrogens is 665 g/mol. The van der Waals surface area contributed by atoms with Gasteiger partial charge < -0.3 is 24.8 Å². The number of aryl methyl sites for hydroxylation is 2. The van der Waals surface area contributed by atoms with Gasteiger partial charge in [-0.25, -0.2) is 38.0 Å². The van der Waals surface area contributed by atoms with Crippen LogP contribution in [0.15, 0.2) is 69.9 Å². The Morgan fingerprint density at radius 3 is 2.59 bits per heavy atom. The molecular formula is C35H37F3N10O3. The number of likely N-dealkylation sites (tertiary alicyclic amines) is 1. The molecule has 3 aliphatic heterocycles. The zero-order chi connectivity index (χ0) is 36.0. The number of imidazole rings is 1. The predicted octanol–water partition coefficient (Wildman–Crippen LogP) is 3.93. The van der Waals surface area contributed by atoms with Gasteiger partial charge in [-0.15, -0.1) is 10.2 Å². The molecule has 3 unspecified atom stereocenters. The van der Waals surface area contributed by atoms with Gasteiger partial charge in [-0.1, -0.05) is 13.5 Å². The van der Waals surface area contributed by atoms with Crippen LogP contribution in [0.3, 0.4) is 0 Å². The Labute approximate surface area is 291 Å². The molecule has 0 spiro atoms. The van der Waals surface area contributed by atoms with Gasteiger partial charge in [0.2, 0.25) is 0 Å². The average molecular weight is 703 g/mol.